The molecule has 1 fully saturated rings. The first-order valence-electron chi connectivity index (χ1n) is 8.78. The van der Waals surface area contributed by atoms with E-state index in [2.05, 4.69) is 0 Å². The number of hydrogen-bond acceptors (Lipinski definition) is 5. The molecule has 1 N–H and O–H groups in total. The van der Waals surface area contributed by atoms with Gasteiger partial charge in [-0.05, 0) is 56.9 Å². The molecule has 158 valence electrons. The van der Waals surface area contributed by atoms with Crippen molar-refractivity contribution < 1.29 is 37.2 Å². The third-order valence-corrected chi connectivity index (χ3v) is 5.83. The molecular formula is C19H22BF3O5S. The number of carbonyl (C=O) groups is 2. The van der Waals surface area contributed by atoms with Crippen LogP contribution in [0.1, 0.15) is 56.1 Å². The molecule has 0 atom stereocenters. The molecule has 10 heteroatoms. The van der Waals surface area contributed by atoms with Gasteiger partial charge in [0.1, 0.15) is 0 Å². The van der Waals surface area contributed by atoms with E-state index in [1.807, 2.05) is 27.7 Å². The highest BCUT2D eigenvalue weighted by Crippen LogP contribution is 2.40. The van der Waals surface area contributed by atoms with Crippen LogP contribution < -0.4 is 0 Å². The molecule has 1 aromatic carbocycles. The van der Waals surface area contributed by atoms with Crippen molar-refractivity contribution >= 4 is 36.0 Å². The van der Waals surface area contributed by atoms with Crippen molar-refractivity contribution in [2.45, 2.75) is 52.0 Å². The molecule has 1 heterocycles. The van der Waals surface area contributed by atoms with Gasteiger partial charge < -0.3 is 14.4 Å². The minimum Gasteiger partial charge on any atom is -0.478 e. The van der Waals surface area contributed by atoms with Crippen LogP contribution >= 0.6 is 11.8 Å². The molecule has 1 aromatic rings. The predicted octanol–water partition coefficient (Wildman–Crippen LogP) is 4.70. The Morgan fingerprint density at radius 3 is 2.17 bits per heavy atom. The molecule has 1 aliphatic heterocycles. The second-order valence-corrected chi connectivity index (χ2v) is 8.84. The van der Waals surface area contributed by atoms with Crippen LogP contribution in [0.15, 0.2) is 23.7 Å². The number of alkyl halides is 3. The van der Waals surface area contributed by atoms with Gasteiger partial charge in [-0.2, -0.15) is 13.2 Å². The zero-order chi connectivity index (χ0) is 22.2. The largest absolute Gasteiger partial charge is 0.491 e. The van der Waals surface area contributed by atoms with Gasteiger partial charge in [0, 0.05) is 12.7 Å². The van der Waals surface area contributed by atoms with Crippen LogP contribution in [0.25, 0.3) is 6.08 Å². The van der Waals surface area contributed by atoms with Gasteiger partial charge in [0.15, 0.2) is 5.12 Å². The van der Waals surface area contributed by atoms with E-state index in [1.54, 1.807) is 0 Å². The number of carboxylic acids is 1. The topological polar surface area (TPSA) is 72.8 Å². The van der Waals surface area contributed by atoms with Crippen molar-refractivity contribution in [2.75, 3.05) is 5.75 Å². The fourth-order valence-electron chi connectivity index (χ4n) is 2.61. The van der Waals surface area contributed by atoms with Crippen LogP contribution in [-0.4, -0.2) is 40.3 Å². The molecule has 5 nitrogen and oxygen atoms in total. The van der Waals surface area contributed by atoms with Gasteiger partial charge in [-0.25, -0.2) is 4.79 Å². The van der Waals surface area contributed by atoms with Crippen LogP contribution in [0.5, 0.6) is 0 Å². The van der Waals surface area contributed by atoms with E-state index < -0.39 is 36.0 Å². The summed E-state index contributed by atoms with van der Waals surface area (Å²) in [5.74, 6) is -1.28. The minimum absolute atomic E-state index is 0.0848. The van der Waals surface area contributed by atoms with Crippen LogP contribution in [0.4, 0.5) is 13.2 Å². The van der Waals surface area contributed by atoms with Gasteiger partial charge in [0.05, 0.1) is 22.3 Å². The summed E-state index contributed by atoms with van der Waals surface area (Å²) in [5.41, 5.74) is -2.45. The third-order valence-electron chi connectivity index (χ3n) is 4.95. The van der Waals surface area contributed by atoms with E-state index in [-0.39, 0.29) is 22.0 Å². The first kappa shape index (κ1) is 23.5. The lowest BCUT2D eigenvalue weighted by Gasteiger charge is -2.32. The van der Waals surface area contributed by atoms with Crippen molar-refractivity contribution in [3.63, 3.8) is 0 Å². The first-order valence-corrected chi connectivity index (χ1v) is 9.76. The quantitative estimate of drug-likeness (QED) is 0.683. The second-order valence-electron chi connectivity index (χ2n) is 7.69. The SMILES string of the molecule is CC(=O)SCC(=Cc1cc(C(F)(F)F)ccc1C(=O)O)B1OC(C)(C)C(C)(C)O1. The molecule has 0 amide bonds. The van der Waals surface area contributed by atoms with Crippen molar-refractivity contribution in [3.05, 3.63) is 40.4 Å². The molecule has 0 unspecified atom stereocenters. The van der Waals surface area contributed by atoms with E-state index in [9.17, 15) is 27.9 Å². The standard InChI is InChI=1S/C19H22BF3O5S/c1-11(24)29-10-14(20-27-17(2,3)18(4,5)28-20)9-12-8-13(19(21,22)23)6-7-15(12)16(25)26/h6-9H,10H2,1-5H3,(H,25,26). The van der Waals surface area contributed by atoms with Crippen LogP contribution in [0.2, 0.25) is 0 Å². The lowest BCUT2D eigenvalue weighted by molar-refractivity contribution is -0.137. The average molecular weight is 430 g/mol. The molecule has 29 heavy (non-hydrogen) atoms. The fourth-order valence-corrected chi connectivity index (χ4v) is 3.20. The monoisotopic (exact) mass is 430 g/mol. The number of hydrogen-bond donors (Lipinski definition) is 1. The van der Waals surface area contributed by atoms with Crippen molar-refractivity contribution in [3.8, 4) is 0 Å². The van der Waals surface area contributed by atoms with E-state index >= 15 is 0 Å². The van der Waals surface area contributed by atoms with E-state index in [0.717, 1.165) is 30.0 Å². The van der Waals surface area contributed by atoms with E-state index in [4.69, 9.17) is 9.31 Å². The third kappa shape index (κ3) is 5.43. The maximum absolute atomic E-state index is 13.1. The molecule has 0 spiro atoms. The Morgan fingerprint density at radius 1 is 1.17 bits per heavy atom. The number of aromatic carboxylic acids is 1. The van der Waals surface area contributed by atoms with E-state index in [0.29, 0.717) is 5.47 Å². The maximum atomic E-state index is 13.1. The first-order chi connectivity index (χ1) is 13.1. The van der Waals surface area contributed by atoms with Crippen molar-refractivity contribution in [1.29, 1.82) is 0 Å². The van der Waals surface area contributed by atoms with Crippen LogP contribution in [0, 0.1) is 0 Å². The number of rotatable bonds is 5. The fraction of sp³-hybridized carbons (Fsp3) is 0.474. The van der Waals surface area contributed by atoms with Gasteiger partial charge >= 0.3 is 19.3 Å². The highest BCUT2D eigenvalue weighted by Gasteiger charge is 2.52. The highest BCUT2D eigenvalue weighted by atomic mass is 32.2. The van der Waals surface area contributed by atoms with Gasteiger partial charge in [-0.1, -0.05) is 17.8 Å². The zero-order valence-electron chi connectivity index (χ0n) is 16.7. The van der Waals surface area contributed by atoms with Gasteiger partial charge in [0.2, 0.25) is 0 Å². The number of benzene rings is 1. The smallest absolute Gasteiger partial charge is 0.478 e. The Hall–Kier alpha value is -1.78. The molecule has 0 radical (unpaired) electrons. The Morgan fingerprint density at radius 2 is 1.72 bits per heavy atom. The Balaban J connectivity index is 2.56. The Labute approximate surface area is 171 Å². The summed E-state index contributed by atoms with van der Waals surface area (Å²) in [6.07, 6.45) is -3.32. The molecule has 2 rings (SSSR count). The number of carboxylic acid groups (broad SMARTS) is 1. The summed E-state index contributed by atoms with van der Waals surface area (Å²) < 4.78 is 51.3. The Kier molecular flexibility index (Phi) is 6.61. The van der Waals surface area contributed by atoms with Gasteiger partial charge in [-0.15, -0.1) is 0 Å². The minimum atomic E-state index is -4.63. The average Bonchev–Trinajstić information content (AvgIpc) is 2.77. The van der Waals surface area contributed by atoms with Crippen LogP contribution in [0.3, 0.4) is 0 Å². The zero-order valence-corrected chi connectivity index (χ0v) is 17.5. The second kappa shape index (κ2) is 8.16. The Bertz CT molecular complexity index is 833. The lowest BCUT2D eigenvalue weighted by Crippen LogP contribution is -2.41. The summed E-state index contributed by atoms with van der Waals surface area (Å²) in [4.78, 5) is 23.0. The molecular weight excluding hydrogens is 408 g/mol. The molecule has 1 aliphatic rings. The predicted molar refractivity (Wildman–Crippen MR) is 106 cm³/mol. The molecule has 0 aliphatic carbocycles. The molecule has 1 saturated heterocycles. The summed E-state index contributed by atoms with van der Waals surface area (Å²) in [6, 6.07) is 2.41. The van der Waals surface area contributed by atoms with Gasteiger partial charge in [-0.3, -0.25) is 4.79 Å². The lowest BCUT2D eigenvalue weighted by atomic mass is 9.78. The maximum Gasteiger partial charge on any atom is 0.491 e. The number of carbonyl (C=O) groups excluding carboxylic acids is 1. The van der Waals surface area contributed by atoms with Crippen molar-refractivity contribution in [2.24, 2.45) is 0 Å². The molecule has 0 bridgehead atoms. The molecule has 0 aromatic heterocycles. The number of thioether (sulfide) groups is 1. The highest BCUT2D eigenvalue weighted by molar-refractivity contribution is 8.13. The summed E-state index contributed by atoms with van der Waals surface area (Å²) >= 11 is 0.933. The van der Waals surface area contributed by atoms with Gasteiger partial charge in [0.25, 0.3) is 0 Å². The normalized spacial score (nSPS) is 18.8. The summed E-state index contributed by atoms with van der Waals surface area (Å²) in [7, 11) is -0.928. The summed E-state index contributed by atoms with van der Waals surface area (Å²) in [5, 5.41) is 9.19. The molecule has 0 saturated carbocycles. The van der Waals surface area contributed by atoms with Crippen molar-refractivity contribution in [1.82, 2.24) is 0 Å². The summed E-state index contributed by atoms with van der Waals surface area (Å²) in [6.45, 7) is 8.62. The van der Waals surface area contributed by atoms with Crippen LogP contribution in [-0.2, 0) is 20.3 Å². The number of halogens is 3. The van der Waals surface area contributed by atoms with E-state index in [1.165, 1.54) is 13.0 Å².